The number of piperazine rings is 1. The molecule has 0 unspecified atom stereocenters. The zero-order chi connectivity index (χ0) is 54.2. The van der Waals surface area contributed by atoms with E-state index >= 15 is 0 Å². The number of carbonyl (C=O) groups excluding carboxylic acids is 3. The van der Waals surface area contributed by atoms with Gasteiger partial charge in [0.1, 0.15) is 23.4 Å². The van der Waals surface area contributed by atoms with E-state index in [1.54, 1.807) is 27.7 Å². The zero-order valence-corrected chi connectivity index (χ0v) is 37.3. The van der Waals surface area contributed by atoms with Crippen molar-refractivity contribution in [2.24, 2.45) is 28.8 Å². The van der Waals surface area contributed by atoms with E-state index in [2.05, 4.69) is 10.4 Å². The highest BCUT2D eigenvalue weighted by molar-refractivity contribution is 6.23. The lowest BCUT2D eigenvalue weighted by molar-refractivity contribution is -0.909. The molecule has 4 aliphatic heterocycles. The van der Waals surface area contributed by atoms with Gasteiger partial charge >= 0.3 is 11.8 Å². The zero-order valence-electron chi connectivity index (χ0n) is 45.3. The summed E-state index contributed by atoms with van der Waals surface area (Å²) in [6, 6.07) is -1.37. The summed E-state index contributed by atoms with van der Waals surface area (Å²) in [4.78, 5) is 41.1. The van der Waals surface area contributed by atoms with Gasteiger partial charge in [-0.15, -0.1) is 0 Å². The maximum absolute atomic E-state index is 14.7. The number of phenols is 3. The standard InChI is InChI=1S/C47H64N4O13/c1-24-13-12-14-25(2)46(59)49-37-32(23-48-50-18-20-51(60,21-19-50)31-15-10-11-16-31)41(56)34-35(42(37)57)40(55)29(6)44-36(34)45(58)47(8,64-44)62-22-17-33(61-9)26(3)43(63-30(7)52)28(5)39(54)27(4)38(24)53/h12-14,17,22-24,26-28,31,33,38-39,43,53-57H,10-11,15-16,18-21H2,1-9H3,(H,49,59)/b13-12+,22-17+,25-14-,48-23-/t24-,26+,27+,28+,33-,38-,39+,43+,47-/m0/s1/i18D2,19D2,20D2,21D2. The number of methoxy groups -OCH3 is 1. The molecule has 9 atom stereocenters. The second-order valence-electron chi connectivity index (χ2n) is 17.2. The topological polar surface area (TPSA) is 240 Å². The third-order valence-electron chi connectivity index (χ3n) is 12.8. The van der Waals surface area contributed by atoms with Gasteiger partial charge in [0.25, 0.3) is 11.7 Å². The van der Waals surface area contributed by atoms with Crippen LogP contribution in [0.5, 0.6) is 23.0 Å². The van der Waals surface area contributed by atoms with Crippen molar-refractivity contribution in [1.82, 2.24) is 5.01 Å². The summed E-state index contributed by atoms with van der Waals surface area (Å²) in [5.41, 5.74) is -2.30. The Labute approximate surface area is 385 Å². The van der Waals surface area contributed by atoms with Crippen LogP contribution in [0.1, 0.15) is 107 Å². The van der Waals surface area contributed by atoms with Gasteiger partial charge in [0.15, 0.2) is 5.75 Å². The van der Waals surface area contributed by atoms with Crippen molar-refractivity contribution >= 4 is 40.3 Å². The van der Waals surface area contributed by atoms with Crippen LogP contribution in [-0.2, 0) is 23.8 Å². The van der Waals surface area contributed by atoms with Crippen molar-refractivity contribution in [2.45, 2.75) is 117 Å². The molecule has 1 saturated heterocycles. The van der Waals surface area contributed by atoms with Crippen molar-refractivity contribution in [3.63, 3.8) is 0 Å². The van der Waals surface area contributed by atoms with Crippen LogP contribution < -0.4 is 10.1 Å². The molecule has 64 heavy (non-hydrogen) atoms. The van der Waals surface area contributed by atoms with E-state index in [0.29, 0.717) is 19.1 Å². The average Bonchev–Trinajstić information content (AvgIpc) is 3.95. The molecule has 6 N–H and O–H groups in total. The highest BCUT2D eigenvalue weighted by atomic mass is 16.7. The average molecular weight is 901 g/mol. The number of carbonyl (C=O) groups is 3. The number of hydrogen-bond acceptors (Lipinski definition) is 15. The van der Waals surface area contributed by atoms with Crippen LogP contribution in [0.4, 0.5) is 5.69 Å². The first-order valence-electron chi connectivity index (χ1n) is 25.2. The summed E-state index contributed by atoms with van der Waals surface area (Å²) < 4.78 is 92.1. The highest BCUT2D eigenvalue weighted by Crippen LogP contribution is 2.55. The quantitative estimate of drug-likeness (QED) is 0.0530. The normalized spacial score (nSPS) is 37.6. The number of ketones is 1. The summed E-state index contributed by atoms with van der Waals surface area (Å²) >= 11 is 0. The third kappa shape index (κ3) is 9.18. The van der Waals surface area contributed by atoms with Crippen LogP contribution >= 0.6 is 0 Å². The monoisotopic (exact) mass is 900 g/mol. The second kappa shape index (κ2) is 19.1. The van der Waals surface area contributed by atoms with E-state index in [1.165, 1.54) is 59.1 Å². The van der Waals surface area contributed by atoms with E-state index < -0.39 is 153 Å². The Bertz CT molecular complexity index is 2600. The van der Waals surface area contributed by atoms with E-state index in [4.69, 9.17) is 29.9 Å². The maximum atomic E-state index is 14.7. The van der Waals surface area contributed by atoms with Gasteiger partial charge in [0.2, 0.25) is 0 Å². The smallest absolute Gasteiger partial charge is 0.312 e. The van der Waals surface area contributed by atoms with Gasteiger partial charge in [-0.2, -0.15) is 5.10 Å². The van der Waals surface area contributed by atoms with Crippen molar-refractivity contribution in [3.05, 3.63) is 58.0 Å². The number of benzene rings is 2. The molecule has 5 bridgehead atoms. The van der Waals surface area contributed by atoms with Crippen molar-refractivity contribution in [2.75, 3.05) is 38.4 Å². The van der Waals surface area contributed by atoms with E-state index in [0.717, 1.165) is 6.26 Å². The fourth-order valence-electron chi connectivity index (χ4n) is 8.80. The molecular formula is C47H64N4O13. The fraction of sp³-hybridized carbons (Fsp3) is 0.574. The van der Waals surface area contributed by atoms with E-state index in [-0.39, 0.29) is 34.7 Å². The molecule has 7 rings (SSSR count). The lowest BCUT2D eigenvalue weighted by atomic mass is 9.78. The number of nitrogens with zero attached hydrogens (tertiary/aromatic N) is 3. The summed E-state index contributed by atoms with van der Waals surface area (Å²) in [6.45, 7) is -3.32. The number of hydrogen-bond donors (Lipinski definition) is 6. The lowest BCUT2D eigenvalue weighted by Crippen LogP contribution is -2.59. The van der Waals surface area contributed by atoms with Gasteiger partial charge in [-0.3, -0.25) is 19.4 Å². The molecule has 5 aliphatic rings. The van der Waals surface area contributed by atoms with Crippen molar-refractivity contribution < 1.29 is 74.5 Å². The van der Waals surface area contributed by atoms with Gasteiger partial charge in [-0.1, -0.05) is 45.9 Å². The van der Waals surface area contributed by atoms with Crippen molar-refractivity contribution in [3.8, 4) is 23.0 Å². The summed E-state index contributed by atoms with van der Waals surface area (Å²) in [5, 5.41) is 78.6. The predicted octanol–water partition coefficient (Wildman–Crippen LogP) is 5.66. The van der Waals surface area contributed by atoms with Crippen LogP contribution in [0.15, 0.2) is 41.2 Å². The molecule has 0 aromatic heterocycles. The molecule has 1 aliphatic carbocycles. The Morgan fingerprint density at radius 3 is 2.28 bits per heavy atom. The maximum Gasteiger partial charge on any atom is 0.312 e. The van der Waals surface area contributed by atoms with E-state index in [9.17, 15) is 45.1 Å². The molecule has 1 amide bonds. The molecule has 17 nitrogen and oxygen atoms in total. The number of aliphatic hydroxyl groups is 2. The first-order valence-corrected chi connectivity index (χ1v) is 21.2. The Morgan fingerprint density at radius 2 is 1.66 bits per heavy atom. The minimum Gasteiger partial charge on any atom is -0.632 e. The molecule has 4 heterocycles. The van der Waals surface area contributed by atoms with E-state index in [1.807, 2.05) is 0 Å². The van der Waals surface area contributed by atoms with Gasteiger partial charge in [-0.05, 0) is 45.6 Å². The molecule has 2 fully saturated rings. The van der Waals surface area contributed by atoms with Gasteiger partial charge < -0.3 is 59.7 Å². The summed E-state index contributed by atoms with van der Waals surface area (Å²) in [7, 11) is 1.36. The minimum absolute atomic E-state index is 0.0110. The number of aliphatic hydroxyl groups excluding tert-OH is 2. The summed E-state index contributed by atoms with van der Waals surface area (Å²) in [6.07, 6.45) is 3.60. The minimum atomic E-state index is -3.74. The predicted molar refractivity (Wildman–Crippen MR) is 239 cm³/mol. The number of Topliss-reactive ketones (excluding diaryl/α,β-unsaturated/α-hetero) is 1. The lowest BCUT2D eigenvalue weighted by Gasteiger charge is -2.51. The van der Waals surface area contributed by atoms with Crippen LogP contribution in [0.25, 0.3) is 10.8 Å². The Morgan fingerprint density at radius 1 is 1.00 bits per heavy atom. The summed E-state index contributed by atoms with van der Waals surface area (Å²) in [5.74, 6) is -11.1. The van der Waals surface area contributed by atoms with Crippen LogP contribution in [0.3, 0.4) is 0 Å². The molecule has 350 valence electrons. The number of hydroxylamine groups is 3. The SMILES string of the molecule is [2H]C1([2H])N(/N=C\c2c3c(O)c4c(O)c(C)c5c(c4c2O)C(=O)[C@@](C)(O/C=C/[C@H](OC)[C@@H](C)[C@@H](OC(C)=O)[C@H](C)[C@H](O)[C@H](C)[C@@H](O)[C@@H](C)/C=C/C=C(/C)C(=O)N3)O5)C([2H])([2H])C([2H])([2H])[N+]([O-])(C2CCCC2)C1([2H])[2H]. The Balaban J connectivity index is 1.59. The number of quaternary nitrogens is 1. The number of allylic oxidation sites excluding steroid dienone is 2. The van der Waals surface area contributed by atoms with Gasteiger partial charge in [0.05, 0.1) is 96.0 Å². The Kier molecular flexibility index (Phi) is 11.4. The number of rotatable bonds is 5. The molecule has 0 radical (unpaired) electrons. The highest BCUT2D eigenvalue weighted by Gasteiger charge is 2.50. The van der Waals surface area contributed by atoms with Gasteiger partial charge in [-0.25, -0.2) is 0 Å². The molecule has 1 saturated carbocycles. The second-order valence-corrected chi connectivity index (χ2v) is 17.2. The fourth-order valence-corrected chi connectivity index (χ4v) is 8.80. The van der Waals surface area contributed by atoms with Gasteiger partial charge in [0, 0.05) is 61.2 Å². The number of aromatic hydroxyl groups is 3. The number of ether oxygens (including phenoxy) is 4. The third-order valence-corrected chi connectivity index (χ3v) is 12.8. The van der Waals surface area contributed by atoms with Crippen LogP contribution in [0, 0.1) is 35.8 Å². The number of anilines is 1. The van der Waals surface area contributed by atoms with Crippen molar-refractivity contribution in [1.29, 1.82) is 0 Å². The number of phenolic OH excluding ortho intramolecular Hbond substituents is 3. The first-order chi connectivity index (χ1) is 33.2. The number of amides is 1. The molecule has 0 spiro atoms. The molecule has 17 heteroatoms. The number of esters is 1. The Hall–Kier alpha value is -5.20. The number of hydrazone groups is 1. The van der Waals surface area contributed by atoms with Crippen LogP contribution in [-0.4, -0.2) is 128 Å². The van der Waals surface area contributed by atoms with Crippen LogP contribution in [0.2, 0.25) is 0 Å². The molecule has 2 aromatic carbocycles. The first kappa shape index (κ1) is 38.1. The number of nitrogens with one attached hydrogen (secondary N) is 1. The molecular weight excluding hydrogens is 829 g/mol. The molecule has 2 aromatic rings. The number of fused-ring (bicyclic) bond motifs is 14. The largest absolute Gasteiger partial charge is 0.632 e.